The van der Waals surface area contributed by atoms with Crippen molar-refractivity contribution in [2.75, 3.05) is 0 Å². The predicted octanol–water partition coefficient (Wildman–Crippen LogP) is 13.1. The Morgan fingerprint density at radius 2 is 0.424 bits per heavy atom. The van der Waals surface area contributed by atoms with Gasteiger partial charge in [-0.05, 0) is 66.3 Å². The maximum absolute atomic E-state index is 4.95. The lowest BCUT2D eigenvalue weighted by atomic mass is 9.87. The Hall–Kier alpha value is -7.65. The van der Waals surface area contributed by atoms with Gasteiger partial charge >= 0.3 is 0 Å². The number of nitrogens with zero attached hydrogens (tertiary/aromatic N) is 9. The van der Waals surface area contributed by atoms with Gasteiger partial charge < -0.3 is 0 Å². The van der Waals surface area contributed by atoms with E-state index in [2.05, 4.69) is 166 Å². The van der Waals surface area contributed by atoms with Crippen molar-refractivity contribution >= 4 is 37.3 Å². The van der Waals surface area contributed by atoms with Crippen LogP contribution in [0, 0.1) is 0 Å². The molecule has 7 rings (SSSR count). The second-order valence-electron chi connectivity index (χ2n) is 19.3. The van der Waals surface area contributed by atoms with E-state index in [0.29, 0.717) is 17.5 Å². The van der Waals surface area contributed by atoms with E-state index in [1.807, 2.05) is 72.8 Å². The molecule has 9 nitrogen and oxygen atoms in total. The van der Waals surface area contributed by atoms with Crippen molar-refractivity contribution in [2.45, 2.75) is 78.6 Å². The lowest BCUT2D eigenvalue weighted by Gasteiger charge is -2.18. The Kier molecular flexibility index (Phi) is 14.4. The molecule has 0 aliphatic carbocycles. The SMILES string of the molecule is CC(C)(C)c1ccc(/C=N/N=C/c2ccc(-c3nc(-c4ccc(/C=N/N=C/c5ccc(C(C)(C)C)cc5)cc4)nc(-c4ccc(/C=N/N=C/c5ccc(C(C)(C)C)cc5)cc4)n3)cc2)cc1. The highest BCUT2D eigenvalue weighted by Gasteiger charge is 2.15. The summed E-state index contributed by atoms with van der Waals surface area (Å²) in [4.78, 5) is 14.9. The minimum atomic E-state index is 0.0983. The summed E-state index contributed by atoms with van der Waals surface area (Å²) in [7, 11) is 0. The molecule has 0 atom stereocenters. The Labute approximate surface area is 389 Å². The number of hydrogen-bond acceptors (Lipinski definition) is 9. The van der Waals surface area contributed by atoms with E-state index < -0.39 is 0 Å². The van der Waals surface area contributed by atoms with Gasteiger partial charge in [0.05, 0.1) is 37.3 Å². The molecule has 6 aromatic carbocycles. The van der Waals surface area contributed by atoms with Gasteiger partial charge in [0.15, 0.2) is 17.5 Å². The average Bonchev–Trinajstić information content (AvgIpc) is 3.31. The molecule has 0 aliphatic heterocycles. The van der Waals surface area contributed by atoms with Gasteiger partial charge in [-0.15, -0.1) is 0 Å². The van der Waals surface area contributed by atoms with Crippen LogP contribution in [0.2, 0.25) is 0 Å². The van der Waals surface area contributed by atoms with Crippen LogP contribution in [-0.2, 0) is 16.2 Å². The molecule has 0 radical (unpaired) electrons. The quantitative estimate of drug-likeness (QED) is 0.0900. The predicted molar refractivity (Wildman–Crippen MR) is 277 cm³/mol. The minimum Gasteiger partial charge on any atom is -0.208 e. The summed E-state index contributed by atoms with van der Waals surface area (Å²) < 4.78 is 0. The summed E-state index contributed by atoms with van der Waals surface area (Å²) in [6, 6.07) is 48.9. The molecule has 1 aromatic heterocycles. The first-order chi connectivity index (χ1) is 31.6. The first kappa shape index (κ1) is 46.3. The van der Waals surface area contributed by atoms with Crippen molar-refractivity contribution in [3.63, 3.8) is 0 Å². The number of hydrogen-bond donors (Lipinski definition) is 0. The van der Waals surface area contributed by atoms with Crippen molar-refractivity contribution in [2.24, 2.45) is 30.6 Å². The van der Waals surface area contributed by atoms with Crippen LogP contribution in [0.15, 0.2) is 176 Å². The number of aromatic nitrogens is 3. The summed E-state index contributed by atoms with van der Waals surface area (Å²) in [5, 5.41) is 25.7. The molecular weight excluding hydrogens is 811 g/mol. The van der Waals surface area contributed by atoms with Crippen LogP contribution in [0.4, 0.5) is 0 Å². The van der Waals surface area contributed by atoms with Gasteiger partial charge in [0.25, 0.3) is 0 Å². The fraction of sp³-hybridized carbons (Fsp3) is 0.211. The maximum atomic E-state index is 4.95. The highest BCUT2D eigenvalue weighted by molar-refractivity contribution is 5.86. The fourth-order valence-corrected chi connectivity index (χ4v) is 6.73. The Morgan fingerprint density at radius 3 is 0.591 bits per heavy atom. The molecule has 66 heavy (non-hydrogen) atoms. The second kappa shape index (κ2) is 20.5. The van der Waals surface area contributed by atoms with Gasteiger partial charge in [0.2, 0.25) is 0 Å². The lowest BCUT2D eigenvalue weighted by Crippen LogP contribution is -2.10. The third-order valence-corrected chi connectivity index (χ3v) is 10.9. The Morgan fingerprint density at radius 1 is 0.258 bits per heavy atom. The molecule has 0 fully saturated rings. The van der Waals surface area contributed by atoms with Gasteiger partial charge in [0, 0.05) is 16.7 Å². The zero-order valence-corrected chi connectivity index (χ0v) is 39.3. The van der Waals surface area contributed by atoms with E-state index >= 15 is 0 Å². The van der Waals surface area contributed by atoms with Crippen LogP contribution in [0.5, 0.6) is 0 Å². The van der Waals surface area contributed by atoms with Gasteiger partial charge in [-0.3, -0.25) is 0 Å². The molecule has 1 heterocycles. The first-order valence-electron chi connectivity index (χ1n) is 22.2. The standard InChI is InChI=1S/C57H57N9/c1-55(2,3)49-28-16-43(17-29-49)37-61-58-34-40-10-22-46(23-11-40)52-64-53(47-24-12-41(13-25-47)35-59-62-38-44-18-30-50(31-19-44)56(4,5)6)66-54(65-52)48-26-14-42(15-27-48)36-60-63-39-45-20-32-51(33-21-45)57(7,8)9/h10-39H,1-9H3/b58-34+,59-35+,60-36+,61-37+,62-38+,63-39+. The van der Waals surface area contributed by atoms with Crippen LogP contribution in [0.3, 0.4) is 0 Å². The van der Waals surface area contributed by atoms with Crippen molar-refractivity contribution in [1.82, 2.24) is 15.0 Å². The van der Waals surface area contributed by atoms with Gasteiger partial charge in [-0.1, -0.05) is 208 Å². The van der Waals surface area contributed by atoms with Crippen molar-refractivity contribution in [3.05, 3.63) is 196 Å². The first-order valence-corrected chi connectivity index (χ1v) is 22.2. The van der Waals surface area contributed by atoms with E-state index in [4.69, 9.17) is 15.0 Å². The van der Waals surface area contributed by atoms with Crippen LogP contribution in [-0.4, -0.2) is 52.2 Å². The zero-order chi connectivity index (χ0) is 46.7. The topological polar surface area (TPSA) is 113 Å². The van der Waals surface area contributed by atoms with Crippen LogP contribution in [0.25, 0.3) is 34.2 Å². The number of benzene rings is 6. The monoisotopic (exact) mass is 867 g/mol. The molecule has 0 spiro atoms. The molecular formula is C57H57N9. The minimum absolute atomic E-state index is 0.0983. The molecule has 330 valence electrons. The summed E-state index contributed by atoms with van der Waals surface area (Å²) in [6.45, 7) is 19.8. The molecule has 9 heteroatoms. The molecule has 0 saturated carbocycles. The van der Waals surface area contributed by atoms with E-state index in [0.717, 1.165) is 50.1 Å². The molecule has 0 aliphatic rings. The third kappa shape index (κ3) is 13.0. The second-order valence-corrected chi connectivity index (χ2v) is 19.3. The fourth-order valence-electron chi connectivity index (χ4n) is 6.73. The summed E-state index contributed by atoms with van der Waals surface area (Å²) in [5.41, 5.74) is 12.3. The largest absolute Gasteiger partial charge is 0.208 e. The van der Waals surface area contributed by atoms with E-state index in [1.54, 1.807) is 37.3 Å². The third-order valence-electron chi connectivity index (χ3n) is 10.9. The highest BCUT2D eigenvalue weighted by atomic mass is 15.2. The van der Waals surface area contributed by atoms with Crippen LogP contribution in [0.1, 0.15) is 112 Å². The summed E-state index contributed by atoms with van der Waals surface area (Å²) >= 11 is 0. The molecule has 0 N–H and O–H groups in total. The Balaban J connectivity index is 1.09. The molecule has 0 unspecified atom stereocenters. The Bertz CT molecular complexity index is 2550. The van der Waals surface area contributed by atoms with Gasteiger partial charge in [-0.2, -0.15) is 30.6 Å². The van der Waals surface area contributed by atoms with Crippen LogP contribution >= 0.6 is 0 Å². The van der Waals surface area contributed by atoms with Crippen molar-refractivity contribution in [3.8, 4) is 34.2 Å². The average molecular weight is 868 g/mol. The number of rotatable bonds is 12. The van der Waals surface area contributed by atoms with Crippen molar-refractivity contribution in [1.29, 1.82) is 0 Å². The normalized spacial score (nSPS) is 12.9. The van der Waals surface area contributed by atoms with E-state index in [9.17, 15) is 0 Å². The van der Waals surface area contributed by atoms with Gasteiger partial charge in [0.1, 0.15) is 0 Å². The van der Waals surface area contributed by atoms with E-state index in [1.165, 1.54) is 16.7 Å². The molecule has 0 amide bonds. The molecule has 7 aromatic rings. The van der Waals surface area contributed by atoms with Crippen LogP contribution < -0.4 is 0 Å². The lowest BCUT2D eigenvalue weighted by molar-refractivity contribution is 0.590. The summed E-state index contributed by atoms with van der Waals surface area (Å²) in [5.74, 6) is 1.63. The highest BCUT2D eigenvalue weighted by Crippen LogP contribution is 2.27. The molecule has 0 saturated heterocycles. The zero-order valence-electron chi connectivity index (χ0n) is 39.3. The maximum Gasteiger partial charge on any atom is 0.164 e. The summed E-state index contributed by atoms with van der Waals surface area (Å²) in [6.07, 6.45) is 10.5. The van der Waals surface area contributed by atoms with Crippen molar-refractivity contribution < 1.29 is 0 Å². The van der Waals surface area contributed by atoms with E-state index in [-0.39, 0.29) is 16.2 Å². The molecule has 0 bridgehead atoms. The van der Waals surface area contributed by atoms with Gasteiger partial charge in [-0.25, -0.2) is 15.0 Å². The smallest absolute Gasteiger partial charge is 0.164 e.